The smallest absolute Gasteiger partial charge is 0.254 e. The molecule has 0 aliphatic heterocycles. The van der Waals surface area contributed by atoms with Gasteiger partial charge in [0.25, 0.3) is 22.2 Å². The molecule has 0 aromatic carbocycles. The molecule has 8 bridgehead atoms. The van der Waals surface area contributed by atoms with Crippen molar-refractivity contribution in [2.45, 2.75) is 389 Å². The molecular formula is C84H140N4O8. The molecule has 4 aromatic rings. The first-order valence-electron chi connectivity index (χ1n) is 40.1. The summed E-state index contributed by atoms with van der Waals surface area (Å²) < 4.78 is 0. The van der Waals surface area contributed by atoms with E-state index in [1.54, 1.807) is 0 Å². The molecule has 0 saturated heterocycles. The minimum absolute atomic E-state index is 0.0266. The van der Waals surface area contributed by atoms with E-state index in [4.69, 9.17) is 0 Å². The first-order chi connectivity index (χ1) is 46.2. The van der Waals surface area contributed by atoms with E-state index in [-0.39, 0.29) is 47.2 Å². The van der Waals surface area contributed by atoms with Crippen LogP contribution < -0.4 is 22.2 Å². The molecule has 12 heteroatoms. The molecule has 0 spiro atoms. The van der Waals surface area contributed by atoms with Crippen LogP contribution in [0.3, 0.4) is 0 Å². The van der Waals surface area contributed by atoms with E-state index in [1.807, 2.05) is 0 Å². The van der Waals surface area contributed by atoms with Crippen molar-refractivity contribution < 1.29 is 20.4 Å². The number of fused-ring (bicyclic) bond motifs is 8. The van der Waals surface area contributed by atoms with Gasteiger partial charge in [-0.25, -0.2) is 0 Å². The van der Waals surface area contributed by atoms with Crippen molar-refractivity contribution in [3.63, 3.8) is 0 Å². The summed E-state index contributed by atoms with van der Waals surface area (Å²) >= 11 is 0. The molecule has 0 saturated carbocycles. The number of rotatable bonds is 48. The number of hydrogen-bond acceptors (Lipinski definition) is 8. The Hall–Kier alpha value is -5.00. The third-order valence-corrected chi connectivity index (χ3v) is 21.2. The molecule has 96 heavy (non-hydrogen) atoms. The molecule has 12 nitrogen and oxygen atoms in total. The molecule has 1 aliphatic carbocycles. The standard InChI is InChI=1S/C84H140N4O8/c1-13-17-21-25-29-33-37-41-45-49-61-69-65(53-57(5)6)71(79(91)85-77(69)89)62(50-46-42-38-34-30-26-22-18-14-2)73-67(55-59(9)10)75(83(95)87-81(73)93)64(52-48-44-40-36-32-28-24-20-16-4)76-68(56-60(11)12)74(82(94)88-84(76)96)63(51-47-43-39-35-31-27-23-19-15-3)72-66(54-58(7)8)70(61)78(90)86-80(72)92/h57-64H,13-56H2,1-12H3,(H2,85,89,91)(H2,86,90,92)(H2,87,93,95)(H2,88,94,96). The van der Waals surface area contributed by atoms with E-state index in [0.717, 1.165) is 122 Å². The summed E-state index contributed by atoms with van der Waals surface area (Å²) in [5.74, 6) is -4.34. The van der Waals surface area contributed by atoms with Crippen molar-refractivity contribution in [3.8, 4) is 23.5 Å². The molecule has 2 atom stereocenters. The van der Waals surface area contributed by atoms with Crippen LogP contribution in [-0.2, 0) is 25.7 Å². The number of pyridine rings is 4. The van der Waals surface area contributed by atoms with Crippen LogP contribution in [0.5, 0.6) is 23.5 Å². The molecule has 4 heterocycles. The van der Waals surface area contributed by atoms with Gasteiger partial charge in [0.05, 0.1) is 0 Å². The minimum Gasteiger partial charge on any atom is -0.494 e. The molecule has 4 aromatic heterocycles. The molecule has 0 amide bonds. The van der Waals surface area contributed by atoms with Crippen molar-refractivity contribution in [1.29, 1.82) is 0 Å². The monoisotopic (exact) mass is 1330 g/mol. The van der Waals surface area contributed by atoms with E-state index in [0.29, 0.717) is 125 Å². The van der Waals surface area contributed by atoms with Crippen LogP contribution in [0.15, 0.2) is 19.2 Å². The quantitative estimate of drug-likeness (QED) is 0.0199. The van der Waals surface area contributed by atoms with E-state index < -0.39 is 45.9 Å². The minimum atomic E-state index is -0.814. The van der Waals surface area contributed by atoms with E-state index in [2.05, 4.69) is 103 Å². The zero-order valence-corrected chi connectivity index (χ0v) is 63.2. The summed E-state index contributed by atoms with van der Waals surface area (Å²) in [5, 5.41) is 52.2. The average Bonchev–Trinajstić information content (AvgIpc) is 0.732. The lowest BCUT2D eigenvalue weighted by Crippen LogP contribution is -2.32. The van der Waals surface area contributed by atoms with Crippen LogP contribution in [0.4, 0.5) is 0 Å². The number of aromatic hydroxyl groups is 4. The van der Waals surface area contributed by atoms with Gasteiger partial charge >= 0.3 is 0 Å². The second-order valence-corrected chi connectivity index (χ2v) is 31.5. The Morgan fingerprint density at radius 2 is 0.385 bits per heavy atom. The second-order valence-electron chi connectivity index (χ2n) is 31.5. The summed E-state index contributed by atoms with van der Waals surface area (Å²) in [6.07, 6.45) is 42.2. The first-order valence-corrected chi connectivity index (χ1v) is 40.1. The SMILES string of the molecule is CCCCCCCCCCCC1c2c(O)[nH]c(=O)c(c2CC(C)C)C(CCCCCCCCCCC)c2c(O)[nH]c(=O)c(c2CC(C)C)C(CCCCCCCCCCC)c2c(CC(C)C)c(c(O)[nH]c2=O)C(CCCCCCCCCCC)c2c(CC(C)C)c1c(O)[nH]c2=O. The lowest BCUT2D eigenvalue weighted by molar-refractivity contribution is 0.414. The number of hydrogen-bond donors (Lipinski definition) is 8. The number of nitrogens with one attached hydrogen (secondary N) is 4. The van der Waals surface area contributed by atoms with Crippen molar-refractivity contribution in [3.05, 3.63) is 108 Å². The van der Waals surface area contributed by atoms with Gasteiger partial charge in [-0.2, -0.15) is 0 Å². The molecule has 0 fully saturated rings. The number of aromatic nitrogens is 4. The van der Waals surface area contributed by atoms with Gasteiger partial charge in [0.2, 0.25) is 0 Å². The van der Waals surface area contributed by atoms with Crippen molar-refractivity contribution in [2.75, 3.05) is 0 Å². The Morgan fingerprint density at radius 3 is 0.552 bits per heavy atom. The fourth-order valence-electron chi connectivity index (χ4n) is 16.5. The van der Waals surface area contributed by atoms with Crippen LogP contribution in [0, 0.1) is 23.7 Å². The highest BCUT2D eigenvalue weighted by atomic mass is 16.3. The van der Waals surface area contributed by atoms with Crippen LogP contribution in [-0.4, -0.2) is 40.4 Å². The van der Waals surface area contributed by atoms with Crippen LogP contribution >= 0.6 is 0 Å². The van der Waals surface area contributed by atoms with Gasteiger partial charge in [-0.3, -0.25) is 39.1 Å². The topological polar surface area (TPSA) is 212 Å². The highest BCUT2D eigenvalue weighted by molar-refractivity contribution is 5.60. The Morgan fingerprint density at radius 1 is 0.240 bits per heavy atom. The van der Waals surface area contributed by atoms with Gasteiger partial charge in [0.1, 0.15) is 0 Å². The summed E-state index contributed by atoms with van der Waals surface area (Å²) in [5.41, 5.74) is 4.47. The van der Waals surface area contributed by atoms with Gasteiger partial charge in [0, 0.05) is 68.2 Å². The van der Waals surface area contributed by atoms with Crippen molar-refractivity contribution >= 4 is 0 Å². The number of unbranched alkanes of at least 4 members (excludes halogenated alkanes) is 32. The Bertz CT molecular complexity index is 2940. The van der Waals surface area contributed by atoms with Crippen LogP contribution in [0.25, 0.3) is 0 Å². The zero-order valence-electron chi connectivity index (χ0n) is 63.2. The van der Waals surface area contributed by atoms with Crippen LogP contribution in [0.2, 0.25) is 0 Å². The lowest BCUT2D eigenvalue weighted by Gasteiger charge is -2.34. The highest BCUT2D eigenvalue weighted by Crippen LogP contribution is 2.50. The van der Waals surface area contributed by atoms with E-state index in [1.165, 1.54) is 103 Å². The third kappa shape index (κ3) is 24.7. The summed E-state index contributed by atoms with van der Waals surface area (Å²) in [7, 11) is 0. The van der Waals surface area contributed by atoms with Gasteiger partial charge < -0.3 is 20.4 Å². The fourth-order valence-corrected chi connectivity index (χ4v) is 16.5. The molecule has 0 radical (unpaired) electrons. The van der Waals surface area contributed by atoms with E-state index in [9.17, 15) is 20.4 Å². The lowest BCUT2D eigenvalue weighted by atomic mass is 9.71. The van der Waals surface area contributed by atoms with Crippen molar-refractivity contribution in [2.24, 2.45) is 23.7 Å². The van der Waals surface area contributed by atoms with Crippen LogP contribution in [0.1, 0.15) is 430 Å². The highest BCUT2D eigenvalue weighted by Gasteiger charge is 2.41. The predicted octanol–water partition coefficient (Wildman–Crippen LogP) is 22.6. The molecule has 1 aliphatic rings. The molecule has 2 unspecified atom stereocenters. The molecule has 544 valence electrons. The van der Waals surface area contributed by atoms with E-state index >= 15 is 19.2 Å². The molecule has 5 rings (SSSR count). The summed E-state index contributed by atoms with van der Waals surface area (Å²) in [4.78, 5) is 75.5. The maximum absolute atomic E-state index is 15.9. The first kappa shape index (κ1) is 81.7. The van der Waals surface area contributed by atoms with Gasteiger partial charge in [-0.05, 0) is 97.3 Å². The fraction of sp³-hybridized carbons (Fsp3) is 0.762. The Kier molecular flexibility index (Phi) is 37.6. The van der Waals surface area contributed by atoms with Crippen molar-refractivity contribution in [1.82, 2.24) is 19.9 Å². The maximum Gasteiger partial charge on any atom is 0.254 e. The predicted molar refractivity (Wildman–Crippen MR) is 404 cm³/mol. The summed E-state index contributed by atoms with van der Waals surface area (Å²) in [6.45, 7) is 25.9. The largest absolute Gasteiger partial charge is 0.494 e. The summed E-state index contributed by atoms with van der Waals surface area (Å²) in [6, 6.07) is 0. The zero-order chi connectivity index (χ0) is 70.1. The normalized spacial score (nSPS) is 15.8. The van der Waals surface area contributed by atoms with Gasteiger partial charge in [0.15, 0.2) is 23.5 Å². The number of aromatic amines is 4. The van der Waals surface area contributed by atoms with Gasteiger partial charge in [-0.1, -0.05) is 314 Å². The average molecular weight is 1330 g/mol. The third-order valence-electron chi connectivity index (χ3n) is 21.2. The second kappa shape index (κ2) is 44.2. The Balaban J connectivity index is 2.05. The van der Waals surface area contributed by atoms with Gasteiger partial charge in [-0.15, -0.1) is 0 Å². The molecular weight excluding hydrogens is 1190 g/mol. The number of H-pyrrole nitrogens is 4. The molecule has 8 N–H and O–H groups in total. The maximum atomic E-state index is 15.9. The Labute approximate surface area is 582 Å².